The Hall–Kier alpha value is -0.600. The van der Waals surface area contributed by atoms with E-state index in [4.69, 9.17) is 0 Å². The first kappa shape index (κ1) is 17.5. The van der Waals surface area contributed by atoms with Crippen LogP contribution in [-0.4, -0.2) is 5.92 Å². The predicted molar refractivity (Wildman–Crippen MR) is 78.9 cm³/mol. The molecular weight excluding hydrogens is 349 g/mol. The normalized spacial score (nSPS) is 18.4. The summed E-state index contributed by atoms with van der Waals surface area (Å²) < 4.78 is 2.67. The number of fused-ring (bicyclic) bond motifs is 1. The van der Waals surface area contributed by atoms with Crippen molar-refractivity contribution >= 4 is 12.0 Å². The van der Waals surface area contributed by atoms with Crippen LogP contribution in [-0.2, 0) is 20.9 Å². The fraction of sp³-hybridized carbons (Fsp3) is 0.250. The molecule has 0 heterocycles. The van der Waals surface area contributed by atoms with Gasteiger partial charge in [-0.25, -0.2) is 0 Å². The van der Waals surface area contributed by atoms with E-state index in [9.17, 15) is 0 Å². The second-order valence-corrected chi connectivity index (χ2v) is 25.3. The van der Waals surface area contributed by atoms with Crippen LogP contribution in [0.25, 0.3) is 6.08 Å². The minimum absolute atomic E-state index is 0. The summed E-state index contributed by atoms with van der Waals surface area (Å²) in [5, 5.41) is 0. The van der Waals surface area contributed by atoms with Crippen molar-refractivity contribution in [1.29, 1.82) is 0 Å². The molecule has 0 radical (unpaired) electrons. The van der Waals surface area contributed by atoms with Gasteiger partial charge in [0.25, 0.3) is 0 Å². The van der Waals surface area contributed by atoms with E-state index >= 15 is 0 Å². The van der Waals surface area contributed by atoms with E-state index in [2.05, 4.69) is 67.7 Å². The Kier molecular flexibility index (Phi) is 6.47. The van der Waals surface area contributed by atoms with Crippen LogP contribution >= 0.6 is 0 Å². The zero-order valence-electron chi connectivity index (χ0n) is 11.8. The summed E-state index contributed by atoms with van der Waals surface area (Å²) in [4.78, 5) is 0. The first-order chi connectivity index (χ1) is 8.77. The van der Waals surface area contributed by atoms with Crippen molar-refractivity contribution in [3.05, 3.63) is 63.0 Å². The second kappa shape index (κ2) is 7.42. The fourth-order valence-electron chi connectivity index (χ4n) is 3.11. The second-order valence-electron chi connectivity index (χ2n) is 5.40. The molecule has 0 N–H and O–H groups in total. The van der Waals surface area contributed by atoms with Crippen LogP contribution in [0, 0.1) is 0 Å². The molecule has 0 bridgehead atoms. The Labute approximate surface area is 128 Å². The molecule has 105 valence electrons. The zero-order chi connectivity index (χ0) is 12.5. The number of halogens is 2. The Morgan fingerprint density at radius 1 is 1.15 bits per heavy atom. The van der Waals surface area contributed by atoms with Crippen LogP contribution in [0.4, 0.5) is 0 Å². The summed E-state index contributed by atoms with van der Waals surface area (Å²) in [6.45, 7) is 5.14. The van der Waals surface area contributed by atoms with Crippen molar-refractivity contribution in [2.75, 3.05) is 0 Å². The molecule has 0 aromatic heterocycles. The molecule has 1 aromatic rings. The van der Waals surface area contributed by atoms with Crippen LogP contribution in [0.2, 0.25) is 13.1 Å². The molecule has 1 unspecified atom stereocenters. The maximum absolute atomic E-state index is 2.57. The van der Waals surface area contributed by atoms with Crippen LogP contribution in [0.3, 0.4) is 0 Å². The van der Waals surface area contributed by atoms with Gasteiger partial charge in [-0.15, -0.1) is 0 Å². The van der Waals surface area contributed by atoms with Gasteiger partial charge in [-0.2, -0.15) is 0 Å². The van der Waals surface area contributed by atoms with Gasteiger partial charge < -0.3 is 9.41 Å². The fourth-order valence-corrected chi connectivity index (χ4v) is 23.1. The Balaban J connectivity index is 0.000001000. The van der Waals surface area contributed by atoms with Crippen molar-refractivity contribution in [3.63, 3.8) is 0 Å². The Bertz CT molecular complexity index is 549. The molecule has 20 heavy (non-hydrogen) atoms. The molecular formula is C16H19F2SiZr. The minimum Gasteiger partial charge on any atom is -1.00 e. The van der Waals surface area contributed by atoms with Crippen LogP contribution < -0.4 is 9.41 Å². The molecule has 0 saturated heterocycles. The van der Waals surface area contributed by atoms with Gasteiger partial charge in [0.15, 0.2) is 0 Å². The van der Waals surface area contributed by atoms with Gasteiger partial charge in [-0.1, -0.05) is 0 Å². The standard InChI is InChI=1S/C9H7.C5H5.C2H7Si.2FH.Zr/c1-2-5-9-7-3-6-8(9)4-1;1-2-4-5-3-1;1-3-2;;;/h1-7H;1-3H,4H2;3H,1-2H3;2*1H;/q;;;;;+2/p-2. The molecule has 0 aliphatic heterocycles. The average Bonchev–Trinajstić information content (AvgIpc) is 3.00. The largest absolute Gasteiger partial charge is 1.00 e. The van der Waals surface area contributed by atoms with E-state index in [-0.39, 0.29) is 9.41 Å². The number of rotatable bonds is 3. The van der Waals surface area contributed by atoms with Gasteiger partial charge in [-0.05, 0) is 0 Å². The average molecular weight is 369 g/mol. The number of benzene rings is 1. The first-order valence-electron chi connectivity index (χ1n) is 6.77. The van der Waals surface area contributed by atoms with Crippen molar-refractivity contribution < 1.29 is 30.3 Å². The summed E-state index contributed by atoms with van der Waals surface area (Å²) in [6, 6.07) is 9.01. The zero-order valence-corrected chi connectivity index (χ0v) is 15.4. The molecule has 0 fully saturated rings. The van der Waals surface area contributed by atoms with E-state index < -0.39 is 26.8 Å². The molecule has 2 aliphatic carbocycles. The van der Waals surface area contributed by atoms with Crippen molar-refractivity contribution in [2.24, 2.45) is 0 Å². The van der Waals surface area contributed by atoms with Gasteiger partial charge in [0.2, 0.25) is 0 Å². The van der Waals surface area contributed by atoms with Gasteiger partial charge >= 0.3 is 119 Å². The summed E-state index contributed by atoms with van der Waals surface area (Å²) in [7, 11) is 0. The van der Waals surface area contributed by atoms with Gasteiger partial charge in [0.1, 0.15) is 0 Å². The quantitative estimate of drug-likeness (QED) is 0.553. The number of allylic oxidation sites excluding steroid dienone is 5. The smallest absolute Gasteiger partial charge is 1.00 e. The van der Waals surface area contributed by atoms with Crippen LogP contribution in [0.15, 0.2) is 51.9 Å². The maximum Gasteiger partial charge on any atom is -1.00 e. The van der Waals surface area contributed by atoms with Crippen molar-refractivity contribution in [2.45, 2.75) is 23.1 Å². The molecule has 1 atom stereocenters. The minimum atomic E-state index is -1.45. The van der Waals surface area contributed by atoms with E-state index in [1.54, 1.807) is 5.56 Å². The summed E-state index contributed by atoms with van der Waals surface area (Å²) in [5.41, 5.74) is 3.10. The molecule has 2 aliphatic rings. The summed E-state index contributed by atoms with van der Waals surface area (Å²) in [5.74, 6) is -0.513. The predicted octanol–water partition coefficient (Wildman–Crippen LogP) is -1.79. The maximum atomic E-state index is 2.57. The third kappa shape index (κ3) is 3.17. The van der Waals surface area contributed by atoms with Gasteiger partial charge in [0.05, 0.1) is 0 Å². The topological polar surface area (TPSA) is 0 Å². The number of hydrogen-bond donors (Lipinski definition) is 0. The molecule has 4 heteroatoms. The van der Waals surface area contributed by atoms with Crippen LogP contribution in [0.1, 0.15) is 21.2 Å². The van der Waals surface area contributed by atoms with E-state index in [0.717, 1.165) is 3.63 Å². The monoisotopic (exact) mass is 367 g/mol. The Morgan fingerprint density at radius 3 is 2.55 bits per heavy atom. The third-order valence-corrected chi connectivity index (χ3v) is 24.3. The summed E-state index contributed by atoms with van der Waals surface area (Å²) >= 11 is -1.45. The van der Waals surface area contributed by atoms with E-state index in [0.29, 0.717) is 0 Å². The Morgan fingerprint density at radius 2 is 1.90 bits per heavy atom. The first-order valence-corrected chi connectivity index (χ1v) is 16.6. The molecule has 0 saturated carbocycles. The molecule has 3 rings (SSSR count). The molecule has 1 aromatic carbocycles. The summed E-state index contributed by atoms with van der Waals surface area (Å²) in [6.07, 6.45) is 13.2. The van der Waals surface area contributed by atoms with Gasteiger partial charge in [0, 0.05) is 0 Å². The van der Waals surface area contributed by atoms with E-state index in [1.165, 1.54) is 12.0 Å². The molecule has 0 nitrogen and oxygen atoms in total. The molecule has 0 spiro atoms. The third-order valence-electron chi connectivity index (χ3n) is 3.90. The van der Waals surface area contributed by atoms with Crippen molar-refractivity contribution in [3.8, 4) is 0 Å². The number of hydrogen-bond acceptors (Lipinski definition) is 0. The van der Waals surface area contributed by atoms with Crippen LogP contribution in [0.5, 0.6) is 0 Å². The van der Waals surface area contributed by atoms with Crippen molar-refractivity contribution in [1.82, 2.24) is 0 Å². The SMILES string of the molecule is C[SiH](C)[Zr+2]([C]1=CC=CC1)[CH]1C=Cc2ccccc21.[F-].[F-]. The van der Waals surface area contributed by atoms with Gasteiger partial charge in [-0.3, -0.25) is 0 Å². The van der Waals surface area contributed by atoms with E-state index in [1.807, 2.05) is 3.28 Å². The molecule has 0 amide bonds.